The Kier molecular flexibility index (Phi) is 6.61. The van der Waals surface area contributed by atoms with Crippen molar-refractivity contribution in [2.45, 2.75) is 42.5 Å². The zero-order valence-electron chi connectivity index (χ0n) is 21.6. The van der Waals surface area contributed by atoms with Crippen LogP contribution in [0.15, 0.2) is 77.8 Å². The molecule has 0 radical (unpaired) electrons. The number of carbonyl (C=O) groups is 1. The van der Waals surface area contributed by atoms with Gasteiger partial charge in [0.2, 0.25) is 0 Å². The molecule has 1 aromatic heterocycles. The number of amides is 1. The minimum Gasteiger partial charge on any atom is -0.453 e. The maximum absolute atomic E-state index is 13.9. The normalized spacial score (nSPS) is 18.3. The molecule has 0 saturated carbocycles. The van der Waals surface area contributed by atoms with Crippen LogP contribution < -0.4 is 0 Å². The lowest BCUT2D eigenvalue weighted by Crippen LogP contribution is -2.48. The monoisotopic (exact) mass is 531 g/mol. The van der Waals surface area contributed by atoms with Crippen molar-refractivity contribution in [2.24, 2.45) is 0 Å². The topological polar surface area (TPSA) is 71.8 Å². The van der Waals surface area contributed by atoms with Gasteiger partial charge in [0.15, 0.2) is 0 Å². The number of fused-ring (bicyclic) bond motifs is 2. The number of hydrogen-bond acceptors (Lipinski definition) is 5. The number of benzene rings is 3. The minimum absolute atomic E-state index is 0.239. The summed E-state index contributed by atoms with van der Waals surface area (Å²) in [5, 5.41) is 2.95. The third-order valence-electron chi connectivity index (χ3n) is 8.37. The average molecular weight is 532 g/mol. The van der Waals surface area contributed by atoms with E-state index < -0.39 is 10.0 Å². The zero-order chi connectivity index (χ0) is 26.3. The fourth-order valence-electron chi connectivity index (χ4n) is 6.26. The lowest BCUT2D eigenvalue weighted by Gasteiger charge is -2.41. The van der Waals surface area contributed by atoms with Gasteiger partial charge in [-0.2, -0.15) is 0 Å². The zero-order valence-corrected chi connectivity index (χ0v) is 22.4. The van der Waals surface area contributed by atoms with Crippen molar-refractivity contribution in [2.75, 3.05) is 33.3 Å². The van der Waals surface area contributed by atoms with Crippen LogP contribution in [0.3, 0.4) is 0 Å². The number of likely N-dealkylation sites (tertiary alicyclic amines) is 2. The minimum atomic E-state index is -3.75. The standard InChI is InChI=1S/C30H33N3O4S/c1-37-30(34)32-18-14-25(15-19-32)31-16-12-23(13-17-31)28-21-33(29-9-5-4-8-27(28)29)38(35,36)26-11-10-22-6-2-3-7-24(22)20-26/h2-11,20-21,23,25H,12-19H2,1H3. The van der Waals surface area contributed by atoms with Crippen molar-refractivity contribution >= 4 is 37.8 Å². The van der Waals surface area contributed by atoms with Gasteiger partial charge in [0.1, 0.15) is 0 Å². The first-order chi connectivity index (χ1) is 18.5. The molecular formula is C30H33N3O4S. The van der Waals surface area contributed by atoms with Crippen LogP contribution in [0.2, 0.25) is 0 Å². The van der Waals surface area contributed by atoms with E-state index in [1.54, 1.807) is 17.0 Å². The van der Waals surface area contributed by atoms with Gasteiger partial charge in [-0.15, -0.1) is 0 Å². The van der Waals surface area contributed by atoms with Crippen molar-refractivity contribution in [1.29, 1.82) is 0 Å². The molecule has 2 aliphatic heterocycles. The summed E-state index contributed by atoms with van der Waals surface area (Å²) in [5.74, 6) is 0.305. The Morgan fingerprint density at radius 2 is 1.53 bits per heavy atom. The van der Waals surface area contributed by atoms with Crippen molar-refractivity contribution < 1.29 is 17.9 Å². The molecule has 1 amide bonds. The molecule has 0 aliphatic carbocycles. The Hall–Kier alpha value is -3.36. The third kappa shape index (κ3) is 4.46. The van der Waals surface area contributed by atoms with Crippen molar-refractivity contribution in [3.05, 3.63) is 78.5 Å². The first-order valence-corrected chi connectivity index (χ1v) is 14.8. The molecule has 0 spiro atoms. The largest absolute Gasteiger partial charge is 0.453 e. The number of ether oxygens (including phenoxy) is 1. The third-order valence-corrected chi connectivity index (χ3v) is 10.0. The molecule has 198 valence electrons. The van der Waals surface area contributed by atoms with Gasteiger partial charge in [0, 0.05) is 30.7 Å². The van der Waals surface area contributed by atoms with E-state index in [4.69, 9.17) is 4.74 Å². The van der Waals surface area contributed by atoms with Crippen molar-refractivity contribution in [3.63, 3.8) is 0 Å². The van der Waals surface area contributed by atoms with E-state index in [0.717, 1.165) is 79.1 Å². The summed E-state index contributed by atoms with van der Waals surface area (Å²) >= 11 is 0. The van der Waals surface area contributed by atoms with E-state index in [1.807, 2.05) is 60.8 Å². The quantitative estimate of drug-likeness (QED) is 0.351. The molecule has 0 atom stereocenters. The Morgan fingerprint density at radius 1 is 0.842 bits per heavy atom. The highest BCUT2D eigenvalue weighted by Crippen LogP contribution is 2.37. The second-order valence-corrected chi connectivity index (χ2v) is 12.2. The summed E-state index contributed by atoms with van der Waals surface area (Å²) in [4.78, 5) is 16.5. The second kappa shape index (κ2) is 10.1. The highest BCUT2D eigenvalue weighted by molar-refractivity contribution is 7.90. The number of methoxy groups -OCH3 is 1. The molecule has 4 aromatic rings. The SMILES string of the molecule is COC(=O)N1CCC(N2CCC(c3cn(S(=O)(=O)c4ccc5ccccc5c4)c4ccccc34)CC2)CC1. The molecule has 7 nitrogen and oxygen atoms in total. The van der Waals surface area contributed by atoms with Gasteiger partial charge in [-0.3, -0.25) is 0 Å². The maximum Gasteiger partial charge on any atom is 0.409 e. The first kappa shape index (κ1) is 24.9. The van der Waals surface area contributed by atoms with Crippen LogP contribution >= 0.6 is 0 Å². The van der Waals surface area contributed by atoms with Gasteiger partial charge >= 0.3 is 6.09 Å². The van der Waals surface area contributed by atoms with Gasteiger partial charge in [-0.1, -0.05) is 48.5 Å². The summed E-state index contributed by atoms with van der Waals surface area (Å²) < 4.78 is 34.1. The molecule has 3 aromatic carbocycles. The van der Waals surface area contributed by atoms with Crippen LogP contribution in [0.4, 0.5) is 4.79 Å². The van der Waals surface area contributed by atoms with Crippen LogP contribution in [0, 0.1) is 0 Å². The molecule has 2 fully saturated rings. The Labute approximate surface area is 223 Å². The number of piperidine rings is 2. The number of hydrogen-bond donors (Lipinski definition) is 0. The lowest BCUT2D eigenvalue weighted by atomic mass is 9.88. The van der Waals surface area contributed by atoms with Gasteiger partial charge < -0.3 is 14.5 Å². The summed E-state index contributed by atoms with van der Waals surface area (Å²) in [6.07, 6.45) is 5.52. The van der Waals surface area contributed by atoms with Crippen LogP contribution in [-0.4, -0.2) is 67.6 Å². The molecular weight excluding hydrogens is 498 g/mol. The second-order valence-electron chi connectivity index (χ2n) is 10.4. The first-order valence-electron chi connectivity index (χ1n) is 13.4. The van der Waals surface area contributed by atoms with E-state index in [9.17, 15) is 13.2 Å². The number of aromatic nitrogens is 1. The molecule has 3 heterocycles. The van der Waals surface area contributed by atoms with Crippen molar-refractivity contribution in [1.82, 2.24) is 13.8 Å². The molecule has 0 unspecified atom stereocenters. The molecule has 6 rings (SSSR count). The number of carbonyl (C=O) groups excluding carboxylic acids is 1. The fraction of sp³-hybridized carbons (Fsp3) is 0.367. The number of para-hydroxylation sites is 1. The average Bonchev–Trinajstić information content (AvgIpc) is 3.37. The van der Waals surface area contributed by atoms with Gasteiger partial charge in [0.25, 0.3) is 10.0 Å². The Bertz CT molecular complexity index is 1580. The summed E-state index contributed by atoms with van der Waals surface area (Å²) in [6.45, 7) is 3.42. The van der Waals surface area contributed by atoms with Crippen LogP contribution in [0.1, 0.15) is 37.2 Å². The highest BCUT2D eigenvalue weighted by Gasteiger charge is 2.32. The van der Waals surface area contributed by atoms with Crippen LogP contribution in [-0.2, 0) is 14.8 Å². The van der Waals surface area contributed by atoms with Crippen molar-refractivity contribution in [3.8, 4) is 0 Å². The van der Waals surface area contributed by atoms with Gasteiger partial charge in [0.05, 0.1) is 17.5 Å². The van der Waals surface area contributed by atoms with E-state index in [-0.39, 0.29) is 6.09 Å². The van der Waals surface area contributed by atoms with E-state index in [0.29, 0.717) is 16.9 Å². The fourth-order valence-corrected chi connectivity index (χ4v) is 7.67. The smallest absolute Gasteiger partial charge is 0.409 e. The predicted octanol–water partition coefficient (Wildman–Crippen LogP) is 5.44. The molecule has 2 saturated heterocycles. The van der Waals surface area contributed by atoms with Gasteiger partial charge in [-0.25, -0.2) is 17.2 Å². The molecule has 8 heteroatoms. The van der Waals surface area contributed by atoms with E-state index >= 15 is 0 Å². The molecule has 0 N–H and O–H groups in total. The maximum atomic E-state index is 13.9. The van der Waals surface area contributed by atoms with Crippen LogP contribution in [0.5, 0.6) is 0 Å². The van der Waals surface area contributed by atoms with E-state index in [2.05, 4.69) is 4.90 Å². The molecule has 38 heavy (non-hydrogen) atoms. The molecule has 0 bridgehead atoms. The number of nitrogens with zero attached hydrogens (tertiary/aromatic N) is 3. The number of rotatable bonds is 4. The van der Waals surface area contributed by atoms with Crippen LogP contribution in [0.25, 0.3) is 21.7 Å². The Balaban J connectivity index is 1.23. The lowest BCUT2D eigenvalue weighted by molar-refractivity contribution is 0.0734. The Morgan fingerprint density at radius 3 is 2.26 bits per heavy atom. The summed E-state index contributed by atoms with van der Waals surface area (Å²) in [6, 6.07) is 21.5. The predicted molar refractivity (Wildman–Crippen MR) is 149 cm³/mol. The molecule has 2 aliphatic rings. The highest BCUT2D eigenvalue weighted by atomic mass is 32.2. The summed E-state index contributed by atoms with van der Waals surface area (Å²) in [5.41, 5.74) is 1.85. The van der Waals surface area contributed by atoms with Gasteiger partial charge in [-0.05, 0) is 79.2 Å². The van der Waals surface area contributed by atoms with E-state index in [1.165, 1.54) is 11.1 Å². The summed E-state index contributed by atoms with van der Waals surface area (Å²) in [7, 11) is -2.32.